The SMILES string of the molecule is COCCCn1nc(C)c2c(Cl)c(C(=O)Nc3ccc(C(C)C)cc3)cnc21. The van der Waals surface area contributed by atoms with Crippen LogP contribution in [0.4, 0.5) is 5.69 Å². The van der Waals surface area contributed by atoms with E-state index in [2.05, 4.69) is 29.2 Å². The number of ether oxygens (including phenoxy) is 1. The fourth-order valence-corrected chi connectivity index (χ4v) is 3.45. The molecular weight excluding hydrogens is 376 g/mol. The lowest BCUT2D eigenvalue weighted by Crippen LogP contribution is -2.13. The Morgan fingerprint density at radius 1 is 1.29 bits per heavy atom. The van der Waals surface area contributed by atoms with E-state index in [1.54, 1.807) is 7.11 Å². The zero-order valence-electron chi connectivity index (χ0n) is 16.6. The van der Waals surface area contributed by atoms with E-state index in [0.717, 1.165) is 17.8 Å². The topological polar surface area (TPSA) is 69.0 Å². The van der Waals surface area contributed by atoms with Crippen molar-refractivity contribution in [3.05, 3.63) is 52.3 Å². The van der Waals surface area contributed by atoms with Gasteiger partial charge in [0.1, 0.15) is 0 Å². The highest BCUT2D eigenvalue weighted by Crippen LogP contribution is 2.29. The van der Waals surface area contributed by atoms with Crippen LogP contribution < -0.4 is 5.32 Å². The minimum Gasteiger partial charge on any atom is -0.385 e. The molecule has 0 fully saturated rings. The summed E-state index contributed by atoms with van der Waals surface area (Å²) in [4.78, 5) is 17.2. The van der Waals surface area contributed by atoms with E-state index in [-0.39, 0.29) is 5.91 Å². The number of anilines is 1. The first kappa shape index (κ1) is 20.3. The number of amides is 1. The van der Waals surface area contributed by atoms with Crippen LogP contribution in [0.15, 0.2) is 30.5 Å². The quantitative estimate of drug-likeness (QED) is 0.578. The van der Waals surface area contributed by atoms with Crippen LogP contribution in [0.2, 0.25) is 5.02 Å². The van der Waals surface area contributed by atoms with Crippen LogP contribution >= 0.6 is 11.6 Å². The lowest BCUT2D eigenvalue weighted by molar-refractivity contribution is 0.102. The van der Waals surface area contributed by atoms with E-state index in [4.69, 9.17) is 16.3 Å². The van der Waals surface area contributed by atoms with E-state index in [0.29, 0.717) is 40.7 Å². The fraction of sp³-hybridized carbons (Fsp3) is 0.381. The van der Waals surface area contributed by atoms with Crippen molar-refractivity contribution in [3.63, 3.8) is 0 Å². The Kier molecular flexibility index (Phi) is 6.31. The molecule has 1 amide bonds. The number of aromatic nitrogens is 3. The molecule has 0 radical (unpaired) electrons. The number of rotatable bonds is 7. The monoisotopic (exact) mass is 400 g/mol. The molecule has 3 aromatic rings. The second kappa shape index (κ2) is 8.71. The number of carbonyl (C=O) groups excluding carboxylic acids is 1. The highest BCUT2D eigenvalue weighted by Gasteiger charge is 2.19. The van der Waals surface area contributed by atoms with Gasteiger partial charge in [0.25, 0.3) is 5.91 Å². The predicted molar refractivity (Wildman–Crippen MR) is 112 cm³/mol. The van der Waals surface area contributed by atoms with Crippen molar-refractivity contribution in [2.75, 3.05) is 19.0 Å². The normalized spacial score (nSPS) is 11.4. The molecule has 2 heterocycles. The summed E-state index contributed by atoms with van der Waals surface area (Å²) in [5, 5.41) is 8.49. The first-order chi connectivity index (χ1) is 13.4. The van der Waals surface area contributed by atoms with E-state index in [1.807, 2.05) is 35.9 Å². The smallest absolute Gasteiger partial charge is 0.258 e. The molecule has 6 nitrogen and oxygen atoms in total. The Labute approximate surface area is 169 Å². The molecule has 148 valence electrons. The second-order valence-electron chi connectivity index (χ2n) is 7.07. The first-order valence-corrected chi connectivity index (χ1v) is 9.72. The molecule has 3 rings (SSSR count). The lowest BCUT2D eigenvalue weighted by atomic mass is 10.0. The molecule has 0 aliphatic rings. The van der Waals surface area contributed by atoms with Gasteiger partial charge in [-0.25, -0.2) is 9.67 Å². The average Bonchev–Trinajstić information content (AvgIpc) is 2.99. The number of benzene rings is 1. The average molecular weight is 401 g/mol. The number of halogens is 1. The van der Waals surface area contributed by atoms with Crippen LogP contribution in [0, 0.1) is 6.92 Å². The molecule has 0 unspecified atom stereocenters. The molecule has 0 bridgehead atoms. The van der Waals surface area contributed by atoms with Gasteiger partial charge in [-0.3, -0.25) is 4.79 Å². The lowest BCUT2D eigenvalue weighted by Gasteiger charge is -2.10. The largest absolute Gasteiger partial charge is 0.385 e. The van der Waals surface area contributed by atoms with Gasteiger partial charge >= 0.3 is 0 Å². The van der Waals surface area contributed by atoms with Crippen molar-refractivity contribution < 1.29 is 9.53 Å². The maximum Gasteiger partial charge on any atom is 0.258 e. The zero-order valence-corrected chi connectivity index (χ0v) is 17.4. The van der Waals surface area contributed by atoms with Gasteiger partial charge in [0.2, 0.25) is 0 Å². The minimum absolute atomic E-state index is 0.289. The van der Waals surface area contributed by atoms with E-state index in [1.165, 1.54) is 11.8 Å². The Morgan fingerprint density at radius 3 is 2.64 bits per heavy atom. The third-order valence-corrected chi connectivity index (χ3v) is 5.06. The van der Waals surface area contributed by atoms with Crippen molar-refractivity contribution in [1.29, 1.82) is 0 Å². The van der Waals surface area contributed by atoms with Crippen molar-refractivity contribution in [2.24, 2.45) is 0 Å². The highest BCUT2D eigenvalue weighted by molar-refractivity contribution is 6.39. The number of hydrogen-bond acceptors (Lipinski definition) is 4. The summed E-state index contributed by atoms with van der Waals surface area (Å²) >= 11 is 6.57. The van der Waals surface area contributed by atoms with Crippen molar-refractivity contribution >= 4 is 34.2 Å². The molecular formula is C21H25ClN4O2. The summed E-state index contributed by atoms with van der Waals surface area (Å²) in [6, 6.07) is 7.81. The summed E-state index contributed by atoms with van der Waals surface area (Å²) in [5.41, 5.74) is 3.70. The maximum absolute atomic E-state index is 12.7. The van der Waals surface area contributed by atoms with Gasteiger partial charge in [0, 0.05) is 32.1 Å². The van der Waals surface area contributed by atoms with Gasteiger partial charge < -0.3 is 10.1 Å². The summed E-state index contributed by atoms with van der Waals surface area (Å²) in [6.07, 6.45) is 2.33. The first-order valence-electron chi connectivity index (χ1n) is 9.34. The molecule has 28 heavy (non-hydrogen) atoms. The number of nitrogens with zero attached hydrogens (tertiary/aromatic N) is 3. The van der Waals surface area contributed by atoms with Crippen LogP contribution in [0.1, 0.15) is 47.8 Å². The van der Waals surface area contributed by atoms with Crippen LogP contribution in [0.5, 0.6) is 0 Å². The number of methoxy groups -OCH3 is 1. The maximum atomic E-state index is 12.7. The van der Waals surface area contributed by atoms with Crippen molar-refractivity contribution in [3.8, 4) is 0 Å². The molecule has 0 atom stereocenters. The molecule has 2 aromatic heterocycles. The molecule has 0 saturated heterocycles. The van der Waals surface area contributed by atoms with Crippen LogP contribution in [0.3, 0.4) is 0 Å². The van der Waals surface area contributed by atoms with Gasteiger partial charge in [-0.1, -0.05) is 37.6 Å². The number of nitrogens with one attached hydrogen (secondary N) is 1. The summed E-state index contributed by atoms with van der Waals surface area (Å²) < 4.78 is 6.90. The standard InChI is InChI=1S/C21H25ClN4O2/c1-13(2)15-6-8-16(9-7-15)24-21(27)17-12-23-20-18(19(17)22)14(3)25-26(20)10-5-11-28-4/h6-9,12-13H,5,10-11H2,1-4H3,(H,24,27). The minimum atomic E-state index is -0.289. The Hall–Kier alpha value is -2.44. The number of pyridine rings is 1. The van der Waals surface area contributed by atoms with Gasteiger partial charge in [0.15, 0.2) is 5.65 Å². The highest BCUT2D eigenvalue weighted by atomic mass is 35.5. The van der Waals surface area contributed by atoms with Gasteiger partial charge in [0.05, 0.1) is 21.7 Å². The molecule has 0 saturated carbocycles. The molecule has 1 N–H and O–H groups in total. The third kappa shape index (κ3) is 4.18. The zero-order chi connectivity index (χ0) is 20.3. The number of aryl methyl sites for hydroxylation is 2. The van der Waals surface area contributed by atoms with E-state index in [9.17, 15) is 4.79 Å². The van der Waals surface area contributed by atoms with E-state index >= 15 is 0 Å². The van der Waals surface area contributed by atoms with Crippen LogP contribution in [0.25, 0.3) is 11.0 Å². The number of fused-ring (bicyclic) bond motifs is 1. The number of hydrogen-bond donors (Lipinski definition) is 1. The Bertz CT molecular complexity index is 980. The molecule has 0 aliphatic carbocycles. The molecule has 1 aromatic carbocycles. The van der Waals surface area contributed by atoms with Gasteiger partial charge in [-0.05, 0) is 37.0 Å². The van der Waals surface area contributed by atoms with E-state index < -0.39 is 0 Å². The molecule has 7 heteroatoms. The fourth-order valence-electron chi connectivity index (χ4n) is 3.10. The predicted octanol–water partition coefficient (Wildman–Crippen LogP) is 4.81. The van der Waals surface area contributed by atoms with Crippen LogP contribution in [-0.2, 0) is 11.3 Å². The molecule has 0 spiro atoms. The van der Waals surface area contributed by atoms with Crippen molar-refractivity contribution in [2.45, 2.75) is 39.7 Å². The van der Waals surface area contributed by atoms with Gasteiger partial charge in [-0.15, -0.1) is 0 Å². The van der Waals surface area contributed by atoms with Crippen LogP contribution in [-0.4, -0.2) is 34.4 Å². The summed E-state index contributed by atoms with van der Waals surface area (Å²) in [6.45, 7) is 7.45. The van der Waals surface area contributed by atoms with Gasteiger partial charge in [-0.2, -0.15) is 5.10 Å². The Morgan fingerprint density at radius 2 is 2.00 bits per heavy atom. The van der Waals surface area contributed by atoms with Crippen molar-refractivity contribution in [1.82, 2.24) is 14.8 Å². The Balaban J connectivity index is 1.85. The second-order valence-corrected chi connectivity index (χ2v) is 7.45. The molecule has 0 aliphatic heterocycles. The number of carbonyl (C=O) groups is 1. The summed E-state index contributed by atoms with van der Waals surface area (Å²) in [5.74, 6) is 0.150. The summed E-state index contributed by atoms with van der Waals surface area (Å²) in [7, 11) is 1.67. The third-order valence-electron chi connectivity index (χ3n) is 4.67.